The Kier molecular flexibility index (Phi) is 4.42. The van der Waals surface area contributed by atoms with E-state index in [0.717, 1.165) is 0 Å². The van der Waals surface area contributed by atoms with Gasteiger partial charge in [-0.15, -0.1) is 11.8 Å². The molecule has 0 fully saturated rings. The lowest BCUT2D eigenvalue weighted by Gasteiger charge is -2.03. The van der Waals surface area contributed by atoms with Gasteiger partial charge in [0.05, 0.1) is 5.75 Å². The zero-order chi connectivity index (χ0) is 11.3. The van der Waals surface area contributed by atoms with Gasteiger partial charge in [0.2, 0.25) is 5.91 Å². The number of carbonyl (C=O) groups is 1. The molecule has 0 bridgehead atoms. The molecule has 1 rings (SSSR count). The molecule has 1 aromatic rings. The molecule has 1 aromatic carbocycles. The molecule has 0 aliphatic rings. The predicted octanol–water partition coefficient (Wildman–Crippen LogP) is 1.64. The number of rotatable bonds is 4. The van der Waals surface area contributed by atoms with Crippen LogP contribution in [0.3, 0.4) is 0 Å². The Balaban J connectivity index is 2.54. The fourth-order valence-electron chi connectivity index (χ4n) is 1.06. The van der Waals surface area contributed by atoms with Crippen molar-refractivity contribution in [3.8, 4) is 0 Å². The van der Waals surface area contributed by atoms with Gasteiger partial charge in [-0.05, 0) is 25.1 Å². The van der Waals surface area contributed by atoms with Gasteiger partial charge in [0, 0.05) is 17.1 Å². The van der Waals surface area contributed by atoms with E-state index in [9.17, 15) is 9.18 Å². The number of carbonyl (C=O) groups excluding carboxylic acids is 1. The molecule has 5 heteroatoms. The maximum Gasteiger partial charge on any atom is 0.230 e. The Bertz CT molecular complexity index is 337. The second kappa shape index (κ2) is 5.60. The molecule has 3 nitrogen and oxygen atoms in total. The number of nitrogens with two attached hydrogens (primary N) is 1. The van der Waals surface area contributed by atoms with E-state index >= 15 is 0 Å². The minimum Gasteiger partial charge on any atom is -0.399 e. The first-order valence-electron chi connectivity index (χ1n) is 4.57. The smallest absolute Gasteiger partial charge is 0.230 e. The highest BCUT2D eigenvalue weighted by atomic mass is 32.2. The molecule has 82 valence electrons. The predicted molar refractivity (Wildman–Crippen MR) is 60.2 cm³/mol. The van der Waals surface area contributed by atoms with Gasteiger partial charge < -0.3 is 11.1 Å². The Morgan fingerprint density at radius 3 is 2.87 bits per heavy atom. The number of hydrogen-bond acceptors (Lipinski definition) is 3. The zero-order valence-electron chi connectivity index (χ0n) is 8.42. The van der Waals surface area contributed by atoms with Crippen molar-refractivity contribution in [2.45, 2.75) is 11.8 Å². The van der Waals surface area contributed by atoms with Gasteiger partial charge in [-0.3, -0.25) is 4.79 Å². The molecular weight excluding hydrogens is 215 g/mol. The van der Waals surface area contributed by atoms with Crippen LogP contribution in [0.2, 0.25) is 0 Å². The molecule has 0 radical (unpaired) electrons. The topological polar surface area (TPSA) is 55.1 Å². The van der Waals surface area contributed by atoms with E-state index in [2.05, 4.69) is 5.32 Å². The number of halogens is 1. The lowest BCUT2D eigenvalue weighted by molar-refractivity contribution is -0.118. The van der Waals surface area contributed by atoms with E-state index in [1.807, 2.05) is 6.92 Å². The van der Waals surface area contributed by atoms with Crippen molar-refractivity contribution in [2.75, 3.05) is 18.0 Å². The highest BCUT2D eigenvalue weighted by Gasteiger charge is 2.03. The monoisotopic (exact) mass is 228 g/mol. The van der Waals surface area contributed by atoms with Crippen LogP contribution in [0.5, 0.6) is 0 Å². The summed E-state index contributed by atoms with van der Waals surface area (Å²) in [6.07, 6.45) is 0. The molecule has 3 N–H and O–H groups in total. The third kappa shape index (κ3) is 4.20. The molecule has 0 spiro atoms. The van der Waals surface area contributed by atoms with E-state index in [1.54, 1.807) is 6.07 Å². The number of thioether (sulfide) groups is 1. The zero-order valence-corrected chi connectivity index (χ0v) is 9.23. The highest BCUT2D eigenvalue weighted by molar-refractivity contribution is 8.00. The van der Waals surface area contributed by atoms with Crippen molar-refractivity contribution in [1.29, 1.82) is 0 Å². The molecule has 0 saturated carbocycles. The average molecular weight is 228 g/mol. The first-order chi connectivity index (χ1) is 7.11. The quantitative estimate of drug-likeness (QED) is 0.608. The molecule has 1 amide bonds. The SMILES string of the molecule is CCNC(=O)CSc1cc(N)cc(F)c1. The number of anilines is 1. The lowest BCUT2D eigenvalue weighted by Crippen LogP contribution is -2.24. The van der Waals surface area contributed by atoms with Crippen LogP contribution in [-0.2, 0) is 4.79 Å². The van der Waals surface area contributed by atoms with Crippen molar-refractivity contribution in [2.24, 2.45) is 0 Å². The first-order valence-corrected chi connectivity index (χ1v) is 5.56. The van der Waals surface area contributed by atoms with Crippen molar-refractivity contribution in [3.05, 3.63) is 24.0 Å². The molecule has 15 heavy (non-hydrogen) atoms. The van der Waals surface area contributed by atoms with Gasteiger partial charge in [0.1, 0.15) is 5.82 Å². The second-order valence-electron chi connectivity index (χ2n) is 2.96. The van der Waals surface area contributed by atoms with Crippen LogP contribution in [0.1, 0.15) is 6.92 Å². The second-order valence-corrected chi connectivity index (χ2v) is 4.01. The lowest BCUT2D eigenvalue weighted by atomic mass is 10.3. The fraction of sp³-hybridized carbons (Fsp3) is 0.300. The van der Waals surface area contributed by atoms with Crippen LogP contribution < -0.4 is 11.1 Å². The Morgan fingerprint density at radius 1 is 1.53 bits per heavy atom. The summed E-state index contributed by atoms with van der Waals surface area (Å²) in [6.45, 7) is 2.45. The fourth-order valence-corrected chi connectivity index (χ4v) is 1.88. The van der Waals surface area contributed by atoms with Crippen LogP contribution in [0.25, 0.3) is 0 Å². The minimum absolute atomic E-state index is 0.0645. The van der Waals surface area contributed by atoms with Crippen LogP contribution in [0.15, 0.2) is 23.1 Å². The number of benzene rings is 1. The van der Waals surface area contributed by atoms with E-state index in [0.29, 0.717) is 17.1 Å². The third-order valence-corrected chi connectivity index (χ3v) is 2.61. The summed E-state index contributed by atoms with van der Waals surface area (Å²) in [6, 6.07) is 4.25. The maximum atomic E-state index is 12.9. The first kappa shape index (κ1) is 11.8. The van der Waals surface area contributed by atoms with E-state index < -0.39 is 0 Å². The maximum absolute atomic E-state index is 12.9. The van der Waals surface area contributed by atoms with Crippen LogP contribution in [0.4, 0.5) is 10.1 Å². The molecule has 0 aromatic heterocycles. The minimum atomic E-state index is -0.381. The molecule has 0 atom stereocenters. The summed E-state index contributed by atoms with van der Waals surface area (Å²) >= 11 is 1.26. The third-order valence-electron chi connectivity index (χ3n) is 1.64. The Hall–Kier alpha value is -1.23. The largest absolute Gasteiger partial charge is 0.399 e. The van der Waals surface area contributed by atoms with Crippen LogP contribution in [-0.4, -0.2) is 18.2 Å². The number of nitrogens with one attached hydrogen (secondary N) is 1. The molecular formula is C10H13FN2OS. The average Bonchev–Trinajstić information content (AvgIpc) is 2.14. The van der Waals surface area contributed by atoms with Crippen LogP contribution in [0, 0.1) is 5.82 Å². The molecule has 0 heterocycles. The molecule has 0 unspecified atom stereocenters. The standard InChI is InChI=1S/C10H13FN2OS/c1-2-13-10(14)6-15-9-4-7(11)3-8(12)5-9/h3-5H,2,6,12H2,1H3,(H,13,14). The van der Waals surface area contributed by atoms with Gasteiger partial charge in [-0.1, -0.05) is 0 Å². The van der Waals surface area contributed by atoms with Gasteiger partial charge in [-0.2, -0.15) is 0 Å². The Labute approximate surface area is 92.2 Å². The molecule has 0 aliphatic carbocycles. The summed E-state index contributed by atoms with van der Waals surface area (Å²) in [5.74, 6) is -0.171. The van der Waals surface area contributed by atoms with Gasteiger partial charge in [0.15, 0.2) is 0 Å². The summed E-state index contributed by atoms with van der Waals surface area (Å²) in [5.41, 5.74) is 5.84. The van der Waals surface area contributed by atoms with Gasteiger partial charge in [0.25, 0.3) is 0 Å². The Morgan fingerprint density at radius 2 is 2.27 bits per heavy atom. The number of hydrogen-bond donors (Lipinski definition) is 2. The summed E-state index contributed by atoms with van der Waals surface area (Å²) in [4.78, 5) is 11.8. The number of amides is 1. The van der Waals surface area contributed by atoms with Crippen molar-refractivity contribution >= 4 is 23.4 Å². The van der Waals surface area contributed by atoms with E-state index in [4.69, 9.17) is 5.73 Å². The van der Waals surface area contributed by atoms with Crippen LogP contribution >= 0.6 is 11.8 Å². The van der Waals surface area contributed by atoms with E-state index in [1.165, 1.54) is 23.9 Å². The summed E-state index contributed by atoms with van der Waals surface area (Å²) in [5, 5.41) is 2.66. The highest BCUT2D eigenvalue weighted by Crippen LogP contribution is 2.21. The van der Waals surface area contributed by atoms with Gasteiger partial charge >= 0.3 is 0 Å². The summed E-state index contributed by atoms with van der Waals surface area (Å²) < 4.78 is 12.9. The van der Waals surface area contributed by atoms with Crippen molar-refractivity contribution in [1.82, 2.24) is 5.32 Å². The summed E-state index contributed by atoms with van der Waals surface area (Å²) in [7, 11) is 0. The van der Waals surface area contributed by atoms with E-state index in [-0.39, 0.29) is 17.5 Å². The normalized spacial score (nSPS) is 10.0. The van der Waals surface area contributed by atoms with Crippen molar-refractivity contribution < 1.29 is 9.18 Å². The number of nitrogen functional groups attached to an aromatic ring is 1. The molecule has 0 saturated heterocycles. The molecule has 0 aliphatic heterocycles. The van der Waals surface area contributed by atoms with Crippen molar-refractivity contribution in [3.63, 3.8) is 0 Å². The van der Waals surface area contributed by atoms with Gasteiger partial charge in [-0.25, -0.2) is 4.39 Å².